The Morgan fingerprint density at radius 1 is 1.15 bits per heavy atom. The fourth-order valence-electron chi connectivity index (χ4n) is 4.69. The molecule has 202 valence electrons. The quantitative estimate of drug-likeness (QED) is 0.167. The second-order valence-corrected chi connectivity index (χ2v) is 10.5. The van der Waals surface area contributed by atoms with E-state index in [-0.39, 0.29) is 11.3 Å². The van der Waals surface area contributed by atoms with Crippen LogP contribution < -0.4 is 14.4 Å². The van der Waals surface area contributed by atoms with Crippen molar-refractivity contribution in [1.82, 2.24) is 14.4 Å². The third kappa shape index (κ3) is 4.87. The standard InChI is InChI=1S/C29H30N4O5S/c1-5-37-21-16-19(9-10-20(21)38-14-11-17(2)3)25-23(27(35)28(36)33(25)29-30-12-15-39-29)26(34)24-18(4)31-22-8-6-7-13-32(22)24/h6-10,12-13,15-17,25,34H,5,11,14H2,1-4H3. The summed E-state index contributed by atoms with van der Waals surface area (Å²) in [6.07, 6.45) is 4.21. The highest BCUT2D eigenvalue weighted by molar-refractivity contribution is 7.14. The number of anilines is 1. The number of ether oxygens (including phenoxy) is 2. The molecule has 1 fully saturated rings. The molecule has 1 aliphatic rings. The Labute approximate surface area is 230 Å². The number of amides is 1. The van der Waals surface area contributed by atoms with Gasteiger partial charge >= 0.3 is 5.91 Å². The molecule has 10 heteroatoms. The van der Waals surface area contributed by atoms with Gasteiger partial charge in [0.15, 0.2) is 22.4 Å². The van der Waals surface area contributed by atoms with Crippen LogP contribution in [-0.4, -0.2) is 44.4 Å². The zero-order valence-corrected chi connectivity index (χ0v) is 23.1. The molecule has 1 aromatic carbocycles. The van der Waals surface area contributed by atoms with Crippen molar-refractivity contribution in [3.63, 3.8) is 0 Å². The van der Waals surface area contributed by atoms with Crippen LogP contribution in [-0.2, 0) is 9.59 Å². The van der Waals surface area contributed by atoms with E-state index < -0.39 is 17.7 Å². The van der Waals surface area contributed by atoms with Gasteiger partial charge in [0.2, 0.25) is 0 Å². The molecular formula is C29H30N4O5S. The van der Waals surface area contributed by atoms with Crippen LogP contribution in [0.5, 0.6) is 11.5 Å². The maximum atomic E-state index is 13.5. The fourth-order valence-corrected chi connectivity index (χ4v) is 5.36. The number of nitrogens with zero attached hydrogens (tertiary/aromatic N) is 4. The number of imidazole rings is 1. The summed E-state index contributed by atoms with van der Waals surface area (Å²) in [4.78, 5) is 37.1. The van der Waals surface area contributed by atoms with Crippen molar-refractivity contribution in [3.8, 4) is 11.5 Å². The van der Waals surface area contributed by atoms with Crippen LogP contribution in [0.2, 0.25) is 0 Å². The predicted molar refractivity (Wildman–Crippen MR) is 149 cm³/mol. The van der Waals surface area contributed by atoms with Crippen LogP contribution in [0.15, 0.2) is 59.7 Å². The Balaban J connectivity index is 1.68. The minimum Gasteiger partial charge on any atom is -0.505 e. The van der Waals surface area contributed by atoms with Crippen LogP contribution >= 0.6 is 11.3 Å². The first-order valence-corrected chi connectivity index (χ1v) is 13.7. The van der Waals surface area contributed by atoms with Crippen molar-refractivity contribution in [1.29, 1.82) is 0 Å². The summed E-state index contributed by atoms with van der Waals surface area (Å²) in [6.45, 7) is 8.82. The SMILES string of the molecule is CCOc1cc(C2C(=C(O)c3c(C)nc4ccccn34)C(=O)C(=O)N2c2nccs2)ccc1OCCC(C)C. The maximum absolute atomic E-state index is 13.5. The second kappa shape index (κ2) is 10.9. The van der Waals surface area contributed by atoms with Gasteiger partial charge in [-0.2, -0.15) is 0 Å². The third-order valence-electron chi connectivity index (χ3n) is 6.53. The lowest BCUT2D eigenvalue weighted by Gasteiger charge is -2.24. The Hall–Kier alpha value is -4.18. The number of carbonyl (C=O) groups is 2. The molecule has 1 N–H and O–H groups in total. The largest absolute Gasteiger partial charge is 0.505 e. The van der Waals surface area contributed by atoms with Gasteiger partial charge < -0.3 is 14.6 Å². The number of aromatic nitrogens is 3. The van der Waals surface area contributed by atoms with Crippen molar-refractivity contribution < 1.29 is 24.2 Å². The monoisotopic (exact) mass is 546 g/mol. The van der Waals surface area contributed by atoms with E-state index in [1.807, 2.05) is 25.1 Å². The van der Waals surface area contributed by atoms with Crippen LogP contribution in [0.3, 0.4) is 0 Å². The van der Waals surface area contributed by atoms with Crippen molar-refractivity contribution in [2.75, 3.05) is 18.1 Å². The van der Waals surface area contributed by atoms with Gasteiger partial charge in [0.25, 0.3) is 5.78 Å². The average Bonchev–Trinajstić information content (AvgIpc) is 3.61. The third-order valence-corrected chi connectivity index (χ3v) is 7.31. The van der Waals surface area contributed by atoms with Crippen LogP contribution in [0.25, 0.3) is 11.4 Å². The number of fused-ring (bicyclic) bond motifs is 1. The molecule has 1 unspecified atom stereocenters. The first-order valence-electron chi connectivity index (χ1n) is 12.9. The zero-order valence-electron chi connectivity index (χ0n) is 22.2. The molecule has 4 heterocycles. The van der Waals surface area contributed by atoms with Crippen LogP contribution in [0, 0.1) is 12.8 Å². The molecule has 0 aliphatic carbocycles. The predicted octanol–water partition coefficient (Wildman–Crippen LogP) is 5.55. The van der Waals surface area contributed by atoms with Gasteiger partial charge in [-0.3, -0.25) is 18.9 Å². The van der Waals surface area contributed by atoms with E-state index in [2.05, 4.69) is 23.8 Å². The van der Waals surface area contributed by atoms with Gasteiger partial charge in [0.1, 0.15) is 11.3 Å². The zero-order chi connectivity index (χ0) is 27.7. The molecule has 0 bridgehead atoms. The molecule has 0 spiro atoms. The first kappa shape index (κ1) is 26.4. The average molecular weight is 547 g/mol. The highest BCUT2D eigenvalue weighted by Gasteiger charge is 2.48. The number of pyridine rings is 1. The number of hydrogen-bond acceptors (Lipinski definition) is 8. The van der Waals surface area contributed by atoms with Crippen LogP contribution in [0.4, 0.5) is 5.13 Å². The highest BCUT2D eigenvalue weighted by Crippen LogP contribution is 2.45. The highest BCUT2D eigenvalue weighted by atomic mass is 32.1. The summed E-state index contributed by atoms with van der Waals surface area (Å²) in [5.74, 6) is -0.310. The van der Waals surface area contributed by atoms with Crippen molar-refractivity contribution >= 4 is 39.6 Å². The number of thiazole rings is 1. The van der Waals surface area contributed by atoms with E-state index in [1.54, 1.807) is 47.3 Å². The minimum absolute atomic E-state index is 0.0418. The van der Waals surface area contributed by atoms with Gasteiger partial charge in [0, 0.05) is 17.8 Å². The lowest BCUT2D eigenvalue weighted by atomic mass is 9.96. The Morgan fingerprint density at radius 3 is 2.69 bits per heavy atom. The summed E-state index contributed by atoms with van der Waals surface area (Å²) in [5, 5.41) is 13.8. The molecule has 5 rings (SSSR count). The molecule has 0 saturated carbocycles. The molecule has 1 amide bonds. The van der Waals surface area contributed by atoms with Crippen LogP contribution in [0.1, 0.15) is 50.2 Å². The fraction of sp³-hybridized carbons (Fsp3) is 0.310. The maximum Gasteiger partial charge on any atom is 0.301 e. The summed E-state index contributed by atoms with van der Waals surface area (Å²) >= 11 is 1.24. The lowest BCUT2D eigenvalue weighted by Crippen LogP contribution is -2.29. The Morgan fingerprint density at radius 2 is 1.97 bits per heavy atom. The second-order valence-electron chi connectivity index (χ2n) is 9.63. The summed E-state index contributed by atoms with van der Waals surface area (Å²) in [6, 6.07) is 9.85. The molecule has 3 aromatic heterocycles. The Bertz CT molecular complexity index is 1560. The molecule has 1 aliphatic heterocycles. The number of aliphatic hydroxyl groups is 1. The number of carbonyl (C=O) groups excluding carboxylic acids is 2. The topological polar surface area (TPSA) is 106 Å². The normalized spacial score (nSPS) is 16.9. The number of benzene rings is 1. The molecule has 1 saturated heterocycles. The Kier molecular flexibility index (Phi) is 7.38. The summed E-state index contributed by atoms with van der Waals surface area (Å²) < 4.78 is 13.6. The number of Topliss-reactive ketones (excluding diaryl/α,β-unsaturated/α-hetero) is 1. The summed E-state index contributed by atoms with van der Waals surface area (Å²) in [5.41, 5.74) is 2.04. The molecule has 9 nitrogen and oxygen atoms in total. The first-order chi connectivity index (χ1) is 18.8. The minimum atomic E-state index is -0.936. The van der Waals surface area contributed by atoms with Crippen molar-refractivity contribution in [2.24, 2.45) is 5.92 Å². The smallest absolute Gasteiger partial charge is 0.301 e. The van der Waals surface area contributed by atoms with E-state index in [1.165, 1.54) is 16.2 Å². The molecule has 4 aromatic rings. The number of aliphatic hydroxyl groups excluding tert-OH is 1. The van der Waals surface area contributed by atoms with E-state index in [4.69, 9.17) is 9.47 Å². The molecular weight excluding hydrogens is 516 g/mol. The molecule has 1 atom stereocenters. The molecule has 0 radical (unpaired) electrons. The van der Waals surface area contributed by atoms with Crippen molar-refractivity contribution in [2.45, 2.75) is 40.2 Å². The number of rotatable bonds is 9. The van der Waals surface area contributed by atoms with Gasteiger partial charge in [-0.05, 0) is 56.0 Å². The van der Waals surface area contributed by atoms with E-state index in [0.29, 0.717) is 58.4 Å². The van der Waals surface area contributed by atoms with E-state index in [0.717, 1.165) is 6.42 Å². The number of hydrogen-bond donors (Lipinski definition) is 1. The molecule has 39 heavy (non-hydrogen) atoms. The van der Waals surface area contributed by atoms with Gasteiger partial charge in [-0.25, -0.2) is 9.97 Å². The van der Waals surface area contributed by atoms with Gasteiger partial charge in [-0.15, -0.1) is 11.3 Å². The lowest BCUT2D eigenvalue weighted by molar-refractivity contribution is -0.132. The number of ketones is 1. The summed E-state index contributed by atoms with van der Waals surface area (Å²) in [7, 11) is 0. The van der Waals surface area contributed by atoms with Gasteiger partial charge in [-0.1, -0.05) is 26.0 Å². The van der Waals surface area contributed by atoms with E-state index >= 15 is 0 Å². The number of aryl methyl sites for hydroxylation is 1. The van der Waals surface area contributed by atoms with E-state index in [9.17, 15) is 14.7 Å². The van der Waals surface area contributed by atoms with Crippen molar-refractivity contribution in [3.05, 3.63) is 76.7 Å². The van der Waals surface area contributed by atoms with Gasteiger partial charge in [0.05, 0.1) is 30.5 Å².